The van der Waals surface area contributed by atoms with Crippen LogP contribution in [0.5, 0.6) is 0 Å². The van der Waals surface area contributed by atoms with Gasteiger partial charge in [-0.05, 0) is 25.2 Å². The molecule has 1 aromatic heterocycles. The average molecular weight is 236 g/mol. The molecule has 96 valence electrons. The van der Waals surface area contributed by atoms with E-state index in [-0.39, 0.29) is 0 Å². The van der Waals surface area contributed by atoms with Gasteiger partial charge in [-0.15, -0.1) is 0 Å². The second-order valence-electron chi connectivity index (χ2n) is 5.44. The van der Waals surface area contributed by atoms with E-state index in [9.17, 15) is 0 Å². The molecule has 1 saturated carbocycles. The summed E-state index contributed by atoms with van der Waals surface area (Å²) >= 11 is 0. The lowest BCUT2D eigenvalue weighted by atomic mass is 10.2. The molecule has 2 N–H and O–H groups in total. The van der Waals surface area contributed by atoms with Gasteiger partial charge in [0.15, 0.2) is 5.82 Å². The number of anilines is 2. The van der Waals surface area contributed by atoms with Gasteiger partial charge in [-0.1, -0.05) is 20.8 Å². The Kier molecular flexibility index (Phi) is 3.31. The summed E-state index contributed by atoms with van der Waals surface area (Å²) in [5.74, 6) is 1.77. The van der Waals surface area contributed by atoms with Crippen LogP contribution < -0.4 is 10.6 Å². The minimum absolute atomic E-state index is 0.648. The van der Waals surface area contributed by atoms with Gasteiger partial charge in [0.25, 0.3) is 0 Å². The molecular formula is C13H24N4. The summed E-state index contributed by atoms with van der Waals surface area (Å²) in [6.45, 7) is 7.68. The van der Waals surface area contributed by atoms with Crippen LogP contribution in [0.3, 0.4) is 0 Å². The molecule has 17 heavy (non-hydrogen) atoms. The van der Waals surface area contributed by atoms with Crippen LogP contribution >= 0.6 is 0 Å². The molecule has 4 nitrogen and oxygen atoms in total. The molecule has 2 rings (SSSR count). The quantitative estimate of drug-likeness (QED) is 0.852. The normalized spacial score (nSPS) is 15.6. The molecule has 4 heteroatoms. The largest absolute Gasteiger partial charge is 0.394 e. The van der Waals surface area contributed by atoms with Crippen molar-refractivity contribution in [3.05, 3.63) is 5.69 Å². The van der Waals surface area contributed by atoms with Crippen LogP contribution in [0.15, 0.2) is 0 Å². The first-order valence-corrected chi connectivity index (χ1v) is 6.62. The van der Waals surface area contributed by atoms with Gasteiger partial charge in [-0.3, -0.25) is 4.68 Å². The van der Waals surface area contributed by atoms with E-state index in [0.717, 1.165) is 30.2 Å². The number of nitrogen functional groups attached to an aromatic ring is 1. The van der Waals surface area contributed by atoms with Crippen molar-refractivity contribution < 1.29 is 0 Å². The van der Waals surface area contributed by atoms with Crippen molar-refractivity contribution in [3.8, 4) is 0 Å². The number of rotatable bonds is 5. The Morgan fingerprint density at radius 1 is 1.47 bits per heavy atom. The lowest BCUT2D eigenvalue weighted by molar-refractivity contribution is 0.588. The first-order chi connectivity index (χ1) is 8.04. The van der Waals surface area contributed by atoms with E-state index in [1.165, 1.54) is 12.8 Å². The maximum atomic E-state index is 6.23. The highest BCUT2D eigenvalue weighted by Crippen LogP contribution is 2.36. The molecule has 0 bridgehead atoms. The highest BCUT2D eigenvalue weighted by Gasteiger charge is 2.33. The van der Waals surface area contributed by atoms with E-state index in [1.807, 2.05) is 11.7 Å². The molecule has 1 aliphatic rings. The standard InChI is InChI=1S/C13H24N4/c1-5-11-12(14)13(16(4)15-11)17(8-9(2)3)10-6-7-10/h9-10H,5-8,14H2,1-4H3. The second-order valence-corrected chi connectivity index (χ2v) is 5.44. The van der Waals surface area contributed by atoms with Gasteiger partial charge in [-0.2, -0.15) is 5.10 Å². The number of hydrogen-bond donors (Lipinski definition) is 1. The van der Waals surface area contributed by atoms with Gasteiger partial charge in [0, 0.05) is 19.6 Å². The Hall–Kier alpha value is -1.19. The van der Waals surface area contributed by atoms with Crippen LogP contribution in [0, 0.1) is 5.92 Å². The number of aryl methyl sites for hydroxylation is 2. The summed E-state index contributed by atoms with van der Waals surface area (Å²) in [6.07, 6.45) is 3.48. The predicted molar refractivity (Wildman–Crippen MR) is 72.2 cm³/mol. The summed E-state index contributed by atoms with van der Waals surface area (Å²) in [4.78, 5) is 2.45. The Labute approximate surface area is 104 Å². The van der Waals surface area contributed by atoms with Crippen LogP contribution in [0.25, 0.3) is 0 Å². The van der Waals surface area contributed by atoms with Gasteiger partial charge in [0.05, 0.1) is 11.4 Å². The van der Waals surface area contributed by atoms with Crippen molar-refractivity contribution in [1.29, 1.82) is 0 Å². The van der Waals surface area contributed by atoms with E-state index < -0.39 is 0 Å². The second kappa shape index (κ2) is 4.59. The minimum atomic E-state index is 0.648. The fourth-order valence-corrected chi connectivity index (χ4v) is 2.38. The fourth-order valence-electron chi connectivity index (χ4n) is 2.38. The van der Waals surface area contributed by atoms with Crippen molar-refractivity contribution in [1.82, 2.24) is 9.78 Å². The predicted octanol–water partition coefficient (Wildman–Crippen LogP) is 2.19. The maximum Gasteiger partial charge on any atom is 0.150 e. The summed E-state index contributed by atoms with van der Waals surface area (Å²) in [7, 11) is 2.00. The molecule has 0 radical (unpaired) electrons. The molecule has 1 heterocycles. The Morgan fingerprint density at radius 3 is 2.53 bits per heavy atom. The van der Waals surface area contributed by atoms with E-state index in [0.29, 0.717) is 12.0 Å². The summed E-state index contributed by atoms with van der Waals surface area (Å²) in [5.41, 5.74) is 8.13. The lowest BCUT2D eigenvalue weighted by Crippen LogP contribution is -2.32. The summed E-state index contributed by atoms with van der Waals surface area (Å²) in [6, 6.07) is 0.680. The molecule has 1 fully saturated rings. The molecule has 0 atom stereocenters. The number of aromatic nitrogens is 2. The third-order valence-electron chi connectivity index (χ3n) is 3.29. The molecular weight excluding hydrogens is 212 g/mol. The van der Waals surface area contributed by atoms with E-state index >= 15 is 0 Å². The lowest BCUT2D eigenvalue weighted by Gasteiger charge is -2.26. The summed E-state index contributed by atoms with van der Waals surface area (Å²) in [5, 5.41) is 4.52. The third kappa shape index (κ3) is 2.40. The molecule has 0 unspecified atom stereocenters. The van der Waals surface area contributed by atoms with Crippen molar-refractivity contribution in [2.75, 3.05) is 17.2 Å². The van der Waals surface area contributed by atoms with Crippen LogP contribution in [0.4, 0.5) is 11.5 Å². The van der Waals surface area contributed by atoms with Crippen molar-refractivity contribution in [2.24, 2.45) is 13.0 Å². The van der Waals surface area contributed by atoms with Crippen molar-refractivity contribution in [3.63, 3.8) is 0 Å². The molecule has 1 aliphatic carbocycles. The smallest absolute Gasteiger partial charge is 0.150 e. The first-order valence-electron chi connectivity index (χ1n) is 6.62. The Bertz CT molecular complexity index is 390. The first kappa shape index (κ1) is 12.3. The van der Waals surface area contributed by atoms with E-state index in [1.54, 1.807) is 0 Å². The van der Waals surface area contributed by atoms with Crippen molar-refractivity contribution in [2.45, 2.75) is 46.1 Å². The van der Waals surface area contributed by atoms with Crippen molar-refractivity contribution >= 4 is 11.5 Å². The zero-order valence-corrected chi connectivity index (χ0v) is 11.4. The minimum Gasteiger partial charge on any atom is -0.394 e. The average Bonchev–Trinajstić information content (AvgIpc) is 3.03. The maximum absolute atomic E-state index is 6.23. The van der Waals surface area contributed by atoms with Crippen LogP contribution in [0.1, 0.15) is 39.3 Å². The number of nitrogens with two attached hydrogens (primary N) is 1. The van der Waals surface area contributed by atoms with Gasteiger partial charge in [-0.25, -0.2) is 0 Å². The zero-order chi connectivity index (χ0) is 12.6. The molecule has 0 saturated heterocycles. The number of nitrogens with zero attached hydrogens (tertiary/aromatic N) is 3. The highest BCUT2D eigenvalue weighted by molar-refractivity contribution is 5.67. The van der Waals surface area contributed by atoms with E-state index in [4.69, 9.17) is 5.73 Å². The summed E-state index contributed by atoms with van der Waals surface area (Å²) < 4.78 is 1.95. The third-order valence-corrected chi connectivity index (χ3v) is 3.29. The molecule has 0 spiro atoms. The Morgan fingerprint density at radius 2 is 2.12 bits per heavy atom. The van der Waals surface area contributed by atoms with E-state index in [2.05, 4.69) is 30.8 Å². The van der Waals surface area contributed by atoms with Gasteiger partial charge < -0.3 is 10.6 Å². The van der Waals surface area contributed by atoms with Crippen LogP contribution in [-0.2, 0) is 13.5 Å². The molecule has 0 aliphatic heterocycles. The highest BCUT2D eigenvalue weighted by atomic mass is 15.4. The number of hydrogen-bond acceptors (Lipinski definition) is 3. The van der Waals surface area contributed by atoms with Gasteiger partial charge in [0.2, 0.25) is 0 Å². The Balaban J connectivity index is 2.31. The zero-order valence-electron chi connectivity index (χ0n) is 11.4. The van der Waals surface area contributed by atoms with Crippen LogP contribution in [-0.4, -0.2) is 22.4 Å². The molecule has 0 amide bonds. The van der Waals surface area contributed by atoms with Crippen LogP contribution in [0.2, 0.25) is 0 Å². The van der Waals surface area contributed by atoms with Gasteiger partial charge >= 0.3 is 0 Å². The SMILES string of the molecule is CCc1nn(C)c(N(CC(C)C)C2CC2)c1N. The molecule has 0 aromatic carbocycles. The topological polar surface area (TPSA) is 47.1 Å². The fraction of sp³-hybridized carbons (Fsp3) is 0.769. The monoisotopic (exact) mass is 236 g/mol. The van der Waals surface area contributed by atoms with Gasteiger partial charge in [0.1, 0.15) is 0 Å². The molecule has 1 aromatic rings.